The SMILES string of the molecule is CCP(C)(C)(C)P. The Morgan fingerprint density at radius 2 is 1.43 bits per heavy atom. The summed E-state index contributed by atoms with van der Waals surface area (Å²) in [6.45, 7) is 9.33. The standard InChI is InChI=1S/C5H16P2/c1-5-7(2,3,4)6/h5-6H2,1-4H3. The van der Waals surface area contributed by atoms with Crippen LogP contribution < -0.4 is 0 Å². The Morgan fingerprint density at radius 1 is 1.29 bits per heavy atom. The second kappa shape index (κ2) is 1.67. The first-order valence-electron chi connectivity index (χ1n) is 2.62. The molecule has 46 valence electrons. The van der Waals surface area contributed by atoms with Crippen molar-refractivity contribution in [1.82, 2.24) is 0 Å². The van der Waals surface area contributed by atoms with E-state index in [1.54, 1.807) is 0 Å². The van der Waals surface area contributed by atoms with Crippen molar-refractivity contribution in [2.24, 2.45) is 0 Å². The van der Waals surface area contributed by atoms with Crippen molar-refractivity contribution >= 4 is 15.2 Å². The number of hydrogen-bond donors (Lipinski definition) is 0. The van der Waals surface area contributed by atoms with Gasteiger partial charge in [0.05, 0.1) is 0 Å². The zero-order chi connectivity index (χ0) is 6.15. The van der Waals surface area contributed by atoms with Crippen molar-refractivity contribution in [2.45, 2.75) is 6.92 Å². The Kier molecular flexibility index (Phi) is 1.88. The maximum absolute atomic E-state index is 2.98. The van der Waals surface area contributed by atoms with E-state index in [0.717, 1.165) is 0 Å². The summed E-state index contributed by atoms with van der Waals surface area (Å²) in [4.78, 5) is 0. The zero-order valence-electron chi connectivity index (χ0n) is 5.73. The minimum atomic E-state index is -1.16. The molecule has 0 aromatic heterocycles. The second-order valence-corrected chi connectivity index (χ2v) is 16.4. The van der Waals surface area contributed by atoms with Gasteiger partial charge in [-0.15, -0.1) is 0 Å². The maximum atomic E-state index is 2.98. The van der Waals surface area contributed by atoms with E-state index in [1.807, 2.05) is 0 Å². The summed E-state index contributed by atoms with van der Waals surface area (Å²) < 4.78 is 0. The molecule has 0 heterocycles. The molecule has 0 aromatic rings. The Hall–Kier alpha value is 0.860. The molecule has 2 heteroatoms. The second-order valence-electron chi connectivity index (χ2n) is 3.56. The molecule has 0 fully saturated rings. The van der Waals surface area contributed by atoms with Crippen LogP contribution in [-0.2, 0) is 0 Å². The molecule has 0 amide bonds. The van der Waals surface area contributed by atoms with Gasteiger partial charge in [0.15, 0.2) is 0 Å². The van der Waals surface area contributed by atoms with E-state index in [4.69, 9.17) is 0 Å². The first-order chi connectivity index (χ1) is 2.81. The fraction of sp³-hybridized carbons (Fsp3) is 1.00. The first-order valence-corrected chi connectivity index (χ1v) is 8.00. The van der Waals surface area contributed by atoms with E-state index in [1.165, 1.54) is 6.16 Å². The van der Waals surface area contributed by atoms with Gasteiger partial charge < -0.3 is 0 Å². The van der Waals surface area contributed by atoms with Crippen LogP contribution >= 0.6 is 15.2 Å². The molecule has 0 aliphatic heterocycles. The van der Waals surface area contributed by atoms with E-state index in [0.29, 0.717) is 0 Å². The van der Waals surface area contributed by atoms with Crippen LogP contribution in [0.4, 0.5) is 0 Å². The summed E-state index contributed by atoms with van der Waals surface area (Å²) in [5, 5.41) is 0. The van der Waals surface area contributed by atoms with Crippen LogP contribution in [0, 0.1) is 0 Å². The summed E-state index contributed by atoms with van der Waals surface area (Å²) in [6, 6.07) is 0. The molecule has 0 saturated heterocycles. The minimum absolute atomic E-state index is 1.16. The van der Waals surface area contributed by atoms with Gasteiger partial charge in [-0.05, 0) is 0 Å². The normalized spacial score (nSPS) is 18.1. The zero-order valence-corrected chi connectivity index (χ0v) is 7.78. The van der Waals surface area contributed by atoms with Gasteiger partial charge in [0.1, 0.15) is 0 Å². The van der Waals surface area contributed by atoms with Crippen molar-refractivity contribution in [1.29, 1.82) is 0 Å². The van der Waals surface area contributed by atoms with Crippen LogP contribution in [0.5, 0.6) is 0 Å². The van der Waals surface area contributed by atoms with Crippen molar-refractivity contribution in [3.63, 3.8) is 0 Å². The van der Waals surface area contributed by atoms with Crippen LogP contribution in [-0.4, -0.2) is 26.2 Å². The molecule has 1 unspecified atom stereocenters. The Bertz CT molecular complexity index is 58.6. The molecule has 7 heavy (non-hydrogen) atoms. The average Bonchev–Trinajstić information content (AvgIpc) is 1.32. The molecule has 1 atom stereocenters. The van der Waals surface area contributed by atoms with E-state index in [-0.39, 0.29) is 0 Å². The molecular formula is C5H16P2. The van der Waals surface area contributed by atoms with Gasteiger partial charge in [-0.2, -0.15) is 0 Å². The molecule has 0 saturated carbocycles. The monoisotopic (exact) mass is 138 g/mol. The molecule has 0 aliphatic carbocycles. The molecule has 0 nitrogen and oxygen atoms in total. The van der Waals surface area contributed by atoms with Crippen molar-refractivity contribution < 1.29 is 0 Å². The van der Waals surface area contributed by atoms with Crippen LogP contribution in [0.1, 0.15) is 6.92 Å². The molecule has 0 bridgehead atoms. The van der Waals surface area contributed by atoms with Gasteiger partial charge >= 0.3 is 48.3 Å². The van der Waals surface area contributed by atoms with Gasteiger partial charge in [0, 0.05) is 0 Å². The van der Waals surface area contributed by atoms with Gasteiger partial charge in [-0.3, -0.25) is 0 Å². The predicted molar refractivity (Wildman–Crippen MR) is 44.9 cm³/mol. The fourth-order valence-corrected chi connectivity index (χ4v) is 0. The summed E-state index contributed by atoms with van der Waals surface area (Å²) in [5.74, 6) is 0. The molecule has 0 spiro atoms. The summed E-state index contributed by atoms with van der Waals surface area (Å²) >= 11 is 0. The Balaban J connectivity index is 3.83. The van der Waals surface area contributed by atoms with Crippen LogP contribution in [0.3, 0.4) is 0 Å². The van der Waals surface area contributed by atoms with Gasteiger partial charge in [-0.25, -0.2) is 0 Å². The molecular weight excluding hydrogens is 122 g/mol. The Labute approximate surface area is 49.1 Å². The third kappa shape index (κ3) is 6.86. The predicted octanol–water partition coefficient (Wildman–Crippen LogP) is 2.24. The van der Waals surface area contributed by atoms with Gasteiger partial charge in [-0.1, -0.05) is 0 Å². The van der Waals surface area contributed by atoms with E-state index < -0.39 is 6.29 Å². The van der Waals surface area contributed by atoms with Crippen LogP contribution in [0.2, 0.25) is 0 Å². The van der Waals surface area contributed by atoms with Crippen molar-refractivity contribution in [3.8, 4) is 0 Å². The number of hydrogen-bond acceptors (Lipinski definition) is 0. The van der Waals surface area contributed by atoms with Crippen molar-refractivity contribution in [3.05, 3.63) is 0 Å². The van der Waals surface area contributed by atoms with E-state index >= 15 is 0 Å². The van der Waals surface area contributed by atoms with Gasteiger partial charge in [0.2, 0.25) is 0 Å². The molecule has 0 rings (SSSR count). The van der Waals surface area contributed by atoms with Crippen LogP contribution in [0.25, 0.3) is 0 Å². The summed E-state index contributed by atoms with van der Waals surface area (Å²) in [6.07, 6.45) is 0.171. The third-order valence-corrected chi connectivity index (χ3v) is 4.49. The van der Waals surface area contributed by atoms with Crippen LogP contribution in [0.15, 0.2) is 0 Å². The average molecular weight is 138 g/mol. The van der Waals surface area contributed by atoms with E-state index in [2.05, 4.69) is 35.8 Å². The van der Waals surface area contributed by atoms with Crippen molar-refractivity contribution in [2.75, 3.05) is 26.2 Å². The molecule has 0 aliphatic rings. The number of rotatable bonds is 1. The van der Waals surface area contributed by atoms with E-state index in [9.17, 15) is 0 Å². The molecule has 0 N–H and O–H groups in total. The summed E-state index contributed by atoms with van der Waals surface area (Å²) in [5.41, 5.74) is 0. The first kappa shape index (κ1) is 7.86. The third-order valence-electron chi connectivity index (χ3n) is 1.13. The fourth-order valence-electron chi connectivity index (χ4n) is 0. The summed E-state index contributed by atoms with van der Waals surface area (Å²) in [7, 11) is 2.98. The topological polar surface area (TPSA) is 0 Å². The van der Waals surface area contributed by atoms with Gasteiger partial charge in [0.25, 0.3) is 0 Å². The molecule has 0 aromatic carbocycles. The molecule has 0 radical (unpaired) electrons. The quantitative estimate of drug-likeness (QED) is 0.487. The Morgan fingerprint density at radius 3 is 1.43 bits per heavy atom.